The Morgan fingerprint density at radius 3 is 2.80 bits per heavy atom. The number of phenols is 1. The molecule has 0 aliphatic rings. The van der Waals surface area contributed by atoms with E-state index in [9.17, 15) is 15.2 Å². The van der Waals surface area contributed by atoms with E-state index < -0.39 is 16.4 Å². The van der Waals surface area contributed by atoms with Crippen LogP contribution in [0.3, 0.4) is 0 Å². The van der Waals surface area contributed by atoms with Crippen molar-refractivity contribution in [3.05, 3.63) is 34.6 Å². The van der Waals surface area contributed by atoms with Crippen molar-refractivity contribution >= 4 is 5.69 Å². The van der Waals surface area contributed by atoms with Crippen molar-refractivity contribution in [1.29, 1.82) is 0 Å². The summed E-state index contributed by atoms with van der Waals surface area (Å²) in [5.41, 5.74) is 0.140. The van der Waals surface area contributed by atoms with Crippen molar-refractivity contribution in [3.63, 3.8) is 0 Å². The first-order valence-corrected chi connectivity index (χ1v) is 6.24. The van der Waals surface area contributed by atoms with Crippen LogP contribution < -0.4 is 4.74 Å². The quantitative estimate of drug-likeness (QED) is 0.670. The second kappa shape index (κ2) is 5.60. The molecule has 1 aromatic heterocycles. The van der Waals surface area contributed by atoms with E-state index in [2.05, 4.69) is 4.98 Å². The van der Waals surface area contributed by atoms with Gasteiger partial charge in [-0.15, -0.1) is 0 Å². The van der Waals surface area contributed by atoms with Gasteiger partial charge in [0.05, 0.1) is 11.5 Å². The third-order valence-corrected chi connectivity index (χ3v) is 2.87. The highest BCUT2D eigenvalue weighted by Gasteiger charge is 2.22. The van der Waals surface area contributed by atoms with Crippen molar-refractivity contribution in [2.45, 2.75) is 20.4 Å². The zero-order valence-electron chi connectivity index (χ0n) is 11.2. The highest BCUT2D eigenvalue weighted by Crippen LogP contribution is 2.39. The van der Waals surface area contributed by atoms with Crippen LogP contribution in [0.4, 0.5) is 5.69 Å². The van der Waals surface area contributed by atoms with Gasteiger partial charge in [-0.3, -0.25) is 10.1 Å². The van der Waals surface area contributed by atoms with E-state index in [0.717, 1.165) is 0 Å². The molecule has 1 N–H and O–H groups in total. The van der Waals surface area contributed by atoms with Crippen LogP contribution in [0.25, 0.3) is 11.4 Å². The van der Waals surface area contributed by atoms with E-state index in [-0.39, 0.29) is 5.75 Å². The summed E-state index contributed by atoms with van der Waals surface area (Å²) >= 11 is 0. The number of imidazole rings is 1. The van der Waals surface area contributed by atoms with Crippen LogP contribution >= 0.6 is 0 Å². The summed E-state index contributed by atoms with van der Waals surface area (Å²) in [7, 11) is 0. The fourth-order valence-corrected chi connectivity index (χ4v) is 1.95. The predicted molar refractivity (Wildman–Crippen MR) is 72.8 cm³/mol. The first-order chi connectivity index (χ1) is 9.58. The number of hydrogen-bond acceptors (Lipinski definition) is 5. The lowest BCUT2D eigenvalue weighted by Crippen LogP contribution is -2.00. The Balaban J connectivity index is 2.62. The molecule has 0 radical (unpaired) electrons. The second-order valence-electron chi connectivity index (χ2n) is 4.07. The number of rotatable bonds is 5. The summed E-state index contributed by atoms with van der Waals surface area (Å²) in [4.78, 5) is 14.6. The highest BCUT2D eigenvalue weighted by molar-refractivity contribution is 5.69. The molecule has 106 valence electrons. The Bertz CT molecular complexity index is 637. The van der Waals surface area contributed by atoms with Crippen molar-refractivity contribution in [3.8, 4) is 22.9 Å². The summed E-state index contributed by atoms with van der Waals surface area (Å²) in [5.74, 6) is 0.217. The van der Waals surface area contributed by atoms with E-state index in [1.165, 1.54) is 6.07 Å². The average molecular weight is 277 g/mol. The third kappa shape index (κ3) is 2.42. The molecular weight excluding hydrogens is 262 g/mol. The zero-order chi connectivity index (χ0) is 14.7. The Morgan fingerprint density at radius 1 is 1.45 bits per heavy atom. The van der Waals surface area contributed by atoms with Gasteiger partial charge in [0, 0.05) is 30.6 Å². The molecule has 0 saturated carbocycles. The highest BCUT2D eigenvalue weighted by atomic mass is 16.6. The Morgan fingerprint density at radius 2 is 2.20 bits per heavy atom. The SMILES string of the molecule is CCOc1cc(-c2nccn2CC)cc([N+](=O)[O-])c1O. The molecule has 0 unspecified atom stereocenters. The van der Waals surface area contributed by atoms with Gasteiger partial charge < -0.3 is 14.4 Å². The number of hydrogen-bond donors (Lipinski definition) is 1. The number of nitro benzene ring substituents is 1. The van der Waals surface area contributed by atoms with Crippen LogP contribution in [0.5, 0.6) is 11.5 Å². The minimum Gasteiger partial charge on any atom is -0.500 e. The monoisotopic (exact) mass is 277 g/mol. The number of nitro groups is 1. The fraction of sp³-hybridized carbons (Fsp3) is 0.308. The van der Waals surface area contributed by atoms with Crippen LogP contribution in [0.1, 0.15) is 13.8 Å². The lowest BCUT2D eigenvalue weighted by atomic mass is 10.1. The molecule has 0 spiro atoms. The molecule has 0 atom stereocenters. The van der Waals surface area contributed by atoms with E-state index in [1.807, 2.05) is 11.5 Å². The molecule has 1 aromatic carbocycles. The van der Waals surface area contributed by atoms with Crippen LogP contribution in [0, 0.1) is 10.1 Å². The van der Waals surface area contributed by atoms with Crippen molar-refractivity contribution in [1.82, 2.24) is 9.55 Å². The van der Waals surface area contributed by atoms with E-state index in [4.69, 9.17) is 4.74 Å². The third-order valence-electron chi connectivity index (χ3n) is 2.87. The Hall–Kier alpha value is -2.57. The van der Waals surface area contributed by atoms with E-state index >= 15 is 0 Å². The number of benzene rings is 1. The number of aromatic hydroxyl groups is 1. The zero-order valence-corrected chi connectivity index (χ0v) is 11.2. The van der Waals surface area contributed by atoms with Gasteiger partial charge in [0.15, 0.2) is 5.75 Å². The van der Waals surface area contributed by atoms with Crippen LogP contribution in [-0.2, 0) is 6.54 Å². The predicted octanol–water partition coefficient (Wildman–Crippen LogP) is 2.58. The Kier molecular flexibility index (Phi) is 3.88. The maximum Gasteiger partial charge on any atom is 0.315 e. The van der Waals surface area contributed by atoms with Crippen LogP contribution in [0.2, 0.25) is 0 Å². The standard InChI is InChI=1S/C13H15N3O4/c1-3-15-6-5-14-13(15)9-7-10(16(18)19)12(17)11(8-9)20-4-2/h5-8,17H,3-4H2,1-2H3. The minimum atomic E-state index is -0.638. The largest absolute Gasteiger partial charge is 0.500 e. The topological polar surface area (TPSA) is 90.4 Å². The molecule has 0 bridgehead atoms. The molecule has 2 rings (SSSR count). The van der Waals surface area contributed by atoms with Gasteiger partial charge in [-0.2, -0.15) is 0 Å². The molecule has 7 heteroatoms. The normalized spacial score (nSPS) is 10.5. The molecule has 7 nitrogen and oxygen atoms in total. The van der Waals surface area contributed by atoms with Crippen LogP contribution in [-0.4, -0.2) is 26.2 Å². The van der Waals surface area contributed by atoms with Gasteiger partial charge in [0.25, 0.3) is 0 Å². The first kappa shape index (κ1) is 13.9. The molecule has 1 heterocycles. The van der Waals surface area contributed by atoms with E-state index in [0.29, 0.717) is 24.5 Å². The van der Waals surface area contributed by atoms with Gasteiger partial charge in [-0.05, 0) is 19.9 Å². The van der Waals surface area contributed by atoms with Gasteiger partial charge >= 0.3 is 5.69 Å². The van der Waals surface area contributed by atoms with Crippen molar-refractivity contribution in [2.75, 3.05) is 6.61 Å². The average Bonchev–Trinajstić information content (AvgIpc) is 2.89. The number of aryl methyl sites for hydroxylation is 1. The van der Waals surface area contributed by atoms with Gasteiger partial charge in [0.1, 0.15) is 5.82 Å². The molecular formula is C13H15N3O4. The van der Waals surface area contributed by atoms with E-state index in [1.54, 1.807) is 25.4 Å². The Labute approximate surface area is 115 Å². The van der Waals surface area contributed by atoms with Gasteiger partial charge in [-0.1, -0.05) is 0 Å². The summed E-state index contributed by atoms with van der Waals surface area (Å²) in [5, 5.41) is 20.9. The lowest BCUT2D eigenvalue weighted by molar-refractivity contribution is -0.385. The van der Waals surface area contributed by atoms with Gasteiger partial charge in [0.2, 0.25) is 5.75 Å². The second-order valence-corrected chi connectivity index (χ2v) is 4.07. The fourth-order valence-electron chi connectivity index (χ4n) is 1.95. The first-order valence-electron chi connectivity index (χ1n) is 6.24. The molecule has 0 aliphatic carbocycles. The maximum absolute atomic E-state index is 11.0. The van der Waals surface area contributed by atoms with Crippen LogP contribution in [0.15, 0.2) is 24.5 Å². The molecule has 2 aromatic rings. The summed E-state index contributed by atoms with van der Waals surface area (Å²) in [6.45, 7) is 4.68. The molecule has 0 amide bonds. The minimum absolute atomic E-state index is 0.0855. The van der Waals surface area contributed by atoms with Crippen molar-refractivity contribution in [2.24, 2.45) is 0 Å². The molecule has 0 fully saturated rings. The maximum atomic E-state index is 11.0. The smallest absolute Gasteiger partial charge is 0.315 e. The van der Waals surface area contributed by atoms with Gasteiger partial charge in [-0.25, -0.2) is 4.98 Å². The molecule has 0 aliphatic heterocycles. The molecule has 20 heavy (non-hydrogen) atoms. The number of phenolic OH excluding ortho intramolecular Hbond substituents is 1. The summed E-state index contributed by atoms with van der Waals surface area (Å²) in [6.07, 6.45) is 3.41. The number of nitrogens with zero attached hydrogens (tertiary/aromatic N) is 3. The van der Waals surface area contributed by atoms with Crippen molar-refractivity contribution < 1.29 is 14.8 Å². The number of ether oxygens (including phenoxy) is 1. The summed E-state index contributed by atoms with van der Waals surface area (Å²) < 4.78 is 7.10. The summed E-state index contributed by atoms with van der Waals surface area (Å²) in [6, 6.07) is 2.85. The molecule has 0 saturated heterocycles. The number of aromatic nitrogens is 2. The lowest BCUT2D eigenvalue weighted by Gasteiger charge is -2.10.